The zero-order valence-electron chi connectivity index (χ0n) is 7.23. The van der Waals surface area contributed by atoms with Crippen LogP contribution in [-0.4, -0.2) is 23.3 Å². The SMILES string of the molecule is N=C=NC(N=C=N)Nc1ccncc1. The van der Waals surface area contributed by atoms with Crippen LogP contribution in [-0.2, 0) is 0 Å². The number of anilines is 1. The van der Waals surface area contributed by atoms with Gasteiger partial charge in [0.1, 0.15) is 0 Å². The van der Waals surface area contributed by atoms with E-state index in [1.54, 1.807) is 24.5 Å². The average Bonchev–Trinajstić information content (AvgIpc) is 2.20. The first-order valence-corrected chi connectivity index (χ1v) is 3.76. The molecule has 0 aliphatic carbocycles. The van der Waals surface area contributed by atoms with Crippen LogP contribution in [0.15, 0.2) is 34.5 Å². The number of rotatable bonds is 4. The smallest absolute Gasteiger partial charge is 0.234 e. The fraction of sp³-hybridized carbons (Fsp3) is 0.125. The van der Waals surface area contributed by atoms with Crippen molar-refractivity contribution in [2.45, 2.75) is 6.29 Å². The maximum atomic E-state index is 6.66. The number of pyridine rings is 1. The van der Waals surface area contributed by atoms with Crippen molar-refractivity contribution in [3.63, 3.8) is 0 Å². The third kappa shape index (κ3) is 2.98. The Hall–Kier alpha value is -2.29. The van der Waals surface area contributed by atoms with Crippen LogP contribution in [0.3, 0.4) is 0 Å². The molecule has 0 atom stereocenters. The van der Waals surface area contributed by atoms with E-state index < -0.39 is 6.29 Å². The van der Waals surface area contributed by atoms with E-state index in [-0.39, 0.29) is 0 Å². The number of hydrogen-bond donors (Lipinski definition) is 3. The van der Waals surface area contributed by atoms with Crippen LogP contribution in [0.4, 0.5) is 5.69 Å². The number of nitrogens with zero attached hydrogens (tertiary/aromatic N) is 3. The molecule has 1 heterocycles. The van der Waals surface area contributed by atoms with E-state index in [1.807, 2.05) is 12.0 Å². The predicted octanol–water partition coefficient (Wildman–Crippen LogP) is 1.28. The van der Waals surface area contributed by atoms with Gasteiger partial charge in [-0.15, -0.1) is 0 Å². The Morgan fingerprint density at radius 2 is 1.79 bits per heavy atom. The van der Waals surface area contributed by atoms with E-state index in [9.17, 15) is 0 Å². The van der Waals surface area contributed by atoms with Gasteiger partial charge in [-0.2, -0.15) is 9.98 Å². The van der Waals surface area contributed by atoms with E-state index in [0.717, 1.165) is 5.69 Å². The average molecular weight is 188 g/mol. The number of aliphatic imine (C=N–C) groups is 2. The van der Waals surface area contributed by atoms with Gasteiger partial charge in [-0.05, 0) is 12.1 Å². The first-order chi connectivity index (χ1) is 6.86. The van der Waals surface area contributed by atoms with Gasteiger partial charge in [0.05, 0.1) is 12.0 Å². The Morgan fingerprint density at radius 3 is 2.29 bits per heavy atom. The molecule has 0 fully saturated rings. The lowest BCUT2D eigenvalue weighted by molar-refractivity contribution is 0.819. The molecular weight excluding hydrogens is 180 g/mol. The van der Waals surface area contributed by atoms with E-state index in [4.69, 9.17) is 10.8 Å². The van der Waals surface area contributed by atoms with Gasteiger partial charge >= 0.3 is 0 Å². The molecule has 0 spiro atoms. The minimum atomic E-state index is -0.729. The maximum absolute atomic E-state index is 6.66. The minimum Gasteiger partial charge on any atom is -0.344 e. The van der Waals surface area contributed by atoms with Gasteiger partial charge < -0.3 is 5.32 Å². The Balaban J connectivity index is 2.74. The van der Waals surface area contributed by atoms with Gasteiger partial charge in [-0.25, -0.2) is 10.8 Å². The molecule has 0 unspecified atom stereocenters. The number of aromatic nitrogens is 1. The summed E-state index contributed by atoms with van der Waals surface area (Å²) in [4.78, 5) is 10.9. The highest BCUT2D eigenvalue weighted by atomic mass is 15.2. The molecule has 1 aromatic rings. The van der Waals surface area contributed by atoms with Crippen molar-refractivity contribution in [1.82, 2.24) is 4.98 Å². The van der Waals surface area contributed by atoms with Crippen molar-refractivity contribution < 1.29 is 0 Å². The summed E-state index contributed by atoms with van der Waals surface area (Å²) in [7, 11) is 0. The Labute approximate surface area is 80.5 Å². The van der Waals surface area contributed by atoms with Crippen LogP contribution in [0, 0.1) is 10.8 Å². The fourth-order valence-corrected chi connectivity index (χ4v) is 0.813. The standard InChI is InChI=1S/C8H8N6/c9-5-12-8(13-6-10)14-7-1-3-11-4-2-7/h1-4,8-10H,(H,11,14). The molecule has 0 bridgehead atoms. The van der Waals surface area contributed by atoms with Crippen LogP contribution in [0.2, 0.25) is 0 Å². The molecule has 6 heteroatoms. The highest BCUT2D eigenvalue weighted by Crippen LogP contribution is 2.06. The van der Waals surface area contributed by atoms with Gasteiger partial charge in [-0.3, -0.25) is 4.98 Å². The Kier molecular flexibility index (Phi) is 3.76. The van der Waals surface area contributed by atoms with Crippen molar-refractivity contribution in [3.05, 3.63) is 24.5 Å². The second-order valence-electron chi connectivity index (χ2n) is 2.24. The highest BCUT2D eigenvalue weighted by Gasteiger charge is 2.01. The van der Waals surface area contributed by atoms with Crippen LogP contribution in [0.1, 0.15) is 0 Å². The van der Waals surface area contributed by atoms with E-state index in [1.165, 1.54) is 0 Å². The fourth-order valence-electron chi connectivity index (χ4n) is 0.813. The summed E-state index contributed by atoms with van der Waals surface area (Å²) in [5, 5.41) is 16.2. The Morgan fingerprint density at radius 1 is 1.21 bits per heavy atom. The zero-order chi connectivity index (χ0) is 10.2. The van der Waals surface area contributed by atoms with E-state index in [2.05, 4.69) is 20.3 Å². The van der Waals surface area contributed by atoms with Crippen LogP contribution in [0.25, 0.3) is 0 Å². The van der Waals surface area contributed by atoms with Crippen molar-refractivity contribution in [1.29, 1.82) is 10.8 Å². The molecule has 1 rings (SSSR count). The summed E-state index contributed by atoms with van der Waals surface area (Å²) in [6.07, 6.45) is 2.50. The van der Waals surface area contributed by atoms with Gasteiger partial charge in [0.25, 0.3) is 0 Å². The van der Waals surface area contributed by atoms with Crippen molar-refractivity contribution >= 4 is 17.7 Å². The lowest BCUT2D eigenvalue weighted by atomic mass is 10.4. The summed E-state index contributed by atoms with van der Waals surface area (Å²) >= 11 is 0. The molecule has 0 saturated carbocycles. The molecular formula is C8H8N6. The second-order valence-corrected chi connectivity index (χ2v) is 2.24. The molecule has 0 radical (unpaired) electrons. The predicted molar refractivity (Wildman–Crippen MR) is 52.0 cm³/mol. The third-order valence-electron chi connectivity index (χ3n) is 1.35. The molecule has 14 heavy (non-hydrogen) atoms. The summed E-state index contributed by atoms with van der Waals surface area (Å²) in [6.45, 7) is 0. The van der Waals surface area contributed by atoms with E-state index >= 15 is 0 Å². The lowest BCUT2D eigenvalue weighted by Crippen LogP contribution is -2.13. The second kappa shape index (κ2) is 5.37. The molecule has 0 aliphatic rings. The first kappa shape index (κ1) is 9.80. The maximum Gasteiger partial charge on any atom is 0.234 e. The van der Waals surface area contributed by atoms with E-state index in [0.29, 0.717) is 0 Å². The minimum absolute atomic E-state index is 0.729. The zero-order valence-corrected chi connectivity index (χ0v) is 7.23. The Bertz CT molecular complexity index is 356. The number of hydrogen-bond acceptors (Lipinski definition) is 6. The van der Waals surface area contributed by atoms with Crippen molar-refractivity contribution in [2.24, 2.45) is 9.98 Å². The van der Waals surface area contributed by atoms with Gasteiger partial charge in [0, 0.05) is 18.1 Å². The number of nitrogens with one attached hydrogen (secondary N) is 3. The summed E-state index contributed by atoms with van der Waals surface area (Å²) in [6, 6.07) is 7.16. The summed E-state index contributed by atoms with van der Waals surface area (Å²) < 4.78 is 0. The van der Waals surface area contributed by atoms with Crippen LogP contribution in [0.5, 0.6) is 0 Å². The normalized spacial score (nSPS) is 10.6. The highest BCUT2D eigenvalue weighted by molar-refractivity contribution is 5.46. The molecule has 6 nitrogen and oxygen atoms in total. The summed E-state index contributed by atoms with van der Waals surface area (Å²) in [5.74, 6) is 0. The molecule has 0 saturated heterocycles. The van der Waals surface area contributed by atoms with Crippen molar-refractivity contribution in [3.8, 4) is 0 Å². The molecule has 0 aromatic carbocycles. The molecule has 0 amide bonds. The van der Waals surface area contributed by atoms with Crippen LogP contribution >= 0.6 is 0 Å². The quantitative estimate of drug-likeness (QED) is 0.620. The van der Waals surface area contributed by atoms with Gasteiger partial charge in [-0.1, -0.05) is 0 Å². The largest absolute Gasteiger partial charge is 0.344 e. The lowest BCUT2D eigenvalue weighted by Gasteiger charge is -2.07. The molecule has 3 N–H and O–H groups in total. The first-order valence-electron chi connectivity index (χ1n) is 3.76. The van der Waals surface area contributed by atoms with Crippen molar-refractivity contribution in [2.75, 3.05) is 5.32 Å². The molecule has 70 valence electrons. The van der Waals surface area contributed by atoms with Crippen LogP contribution < -0.4 is 5.32 Å². The summed E-state index contributed by atoms with van der Waals surface area (Å²) in [5.41, 5.74) is 0.753. The third-order valence-corrected chi connectivity index (χ3v) is 1.35. The van der Waals surface area contributed by atoms with Gasteiger partial charge in [0.2, 0.25) is 6.29 Å². The van der Waals surface area contributed by atoms with Gasteiger partial charge in [0.15, 0.2) is 0 Å². The molecule has 0 aliphatic heterocycles. The topological polar surface area (TPSA) is 97.3 Å². The molecule has 1 aromatic heterocycles. The monoisotopic (exact) mass is 188 g/mol.